The van der Waals surface area contributed by atoms with Gasteiger partial charge in [0, 0.05) is 0 Å². The van der Waals surface area contributed by atoms with Gasteiger partial charge in [0.05, 0.1) is 0 Å². The number of nitrogens with zero attached hydrogens (tertiary/aromatic N) is 2. The van der Waals surface area contributed by atoms with Gasteiger partial charge in [-0.1, -0.05) is 37.5 Å². The van der Waals surface area contributed by atoms with Crippen molar-refractivity contribution in [3.05, 3.63) is 41.0 Å². The zero-order chi connectivity index (χ0) is 12.8. The molecule has 0 unspecified atom stereocenters. The maximum atomic E-state index is 8.76. The molecule has 0 spiro atoms. The highest BCUT2D eigenvalue weighted by Gasteiger charge is 2.15. The highest BCUT2D eigenvalue weighted by molar-refractivity contribution is 5.62. The Kier molecular flexibility index (Phi) is 4.15. The predicted octanol–water partition coefficient (Wildman–Crippen LogP) is 3.97. The first-order valence-electron chi connectivity index (χ1n) is 6.37. The summed E-state index contributed by atoms with van der Waals surface area (Å²) in [5, 5.41) is 17.5. The lowest BCUT2D eigenvalue weighted by Gasteiger charge is -2.21. The second-order valence-electron chi connectivity index (χ2n) is 4.69. The number of rotatable bonds is 2. The minimum Gasteiger partial charge on any atom is -0.192 e. The van der Waals surface area contributed by atoms with Crippen LogP contribution >= 0.6 is 0 Å². The fraction of sp³-hybridized carbons (Fsp3) is 0.375. The number of allylic oxidation sites excluding steroid dienone is 1. The number of nitriles is 2. The molecule has 2 heteroatoms. The zero-order valence-electron chi connectivity index (χ0n) is 10.3. The fourth-order valence-electron chi connectivity index (χ4n) is 2.50. The third-order valence-corrected chi connectivity index (χ3v) is 3.44. The molecule has 1 radical (unpaired) electrons. The van der Waals surface area contributed by atoms with Crippen LogP contribution < -0.4 is 0 Å². The Morgan fingerprint density at radius 2 is 1.94 bits per heavy atom. The smallest absolute Gasteiger partial charge is 0.130 e. The van der Waals surface area contributed by atoms with Crippen LogP contribution in [0, 0.1) is 28.7 Å². The van der Waals surface area contributed by atoms with E-state index in [1.165, 1.54) is 37.7 Å². The van der Waals surface area contributed by atoms with Crippen LogP contribution in [0.4, 0.5) is 0 Å². The van der Waals surface area contributed by atoms with E-state index < -0.39 is 0 Å². The van der Waals surface area contributed by atoms with Gasteiger partial charge in [-0.3, -0.25) is 0 Å². The largest absolute Gasteiger partial charge is 0.192 e. The Labute approximate surface area is 108 Å². The van der Waals surface area contributed by atoms with Crippen LogP contribution in [0.1, 0.15) is 49.1 Å². The molecule has 2 nitrogen and oxygen atoms in total. The van der Waals surface area contributed by atoms with Gasteiger partial charge >= 0.3 is 0 Å². The third kappa shape index (κ3) is 2.99. The van der Waals surface area contributed by atoms with Crippen LogP contribution in [-0.4, -0.2) is 0 Å². The molecule has 0 amide bonds. The first-order chi connectivity index (χ1) is 8.83. The van der Waals surface area contributed by atoms with Crippen LogP contribution in [0.5, 0.6) is 0 Å². The monoisotopic (exact) mass is 235 g/mol. The van der Waals surface area contributed by atoms with E-state index in [0.29, 0.717) is 5.92 Å². The molecule has 1 aliphatic rings. The van der Waals surface area contributed by atoms with Gasteiger partial charge in [-0.2, -0.15) is 10.5 Å². The van der Waals surface area contributed by atoms with Gasteiger partial charge in [-0.25, -0.2) is 0 Å². The van der Waals surface area contributed by atoms with Gasteiger partial charge in [0.1, 0.15) is 17.7 Å². The highest BCUT2D eigenvalue weighted by atomic mass is 14.3. The van der Waals surface area contributed by atoms with Crippen molar-refractivity contribution in [2.24, 2.45) is 0 Å². The average molecular weight is 235 g/mol. The van der Waals surface area contributed by atoms with E-state index in [1.54, 1.807) is 6.08 Å². The van der Waals surface area contributed by atoms with E-state index in [4.69, 9.17) is 10.5 Å². The van der Waals surface area contributed by atoms with Crippen molar-refractivity contribution in [3.63, 3.8) is 0 Å². The molecular weight excluding hydrogens is 220 g/mol. The Morgan fingerprint density at radius 3 is 2.61 bits per heavy atom. The van der Waals surface area contributed by atoms with Gasteiger partial charge in [0.2, 0.25) is 0 Å². The van der Waals surface area contributed by atoms with Gasteiger partial charge in [-0.05, 0) is 42.0 Å². The van der Waals surface area contributed by atoms with Crippen molar-refractivity contribution in [2.45, 2.75) is 38.0 Å². The zero-order valence-corrected chi connectivity index (χ0v) is 10.3. The quantitative estimate of drug-likeness (QED) is 0.728. The standard InChI is InChI=1S/C16H15N2/c17-11-14(12-18)9-13-5-4-8-16(10-13)15-6-2-1-3-7-15/h4-5,9-10,15H,1-3,6-7H2. The molecule has 0 aromatic heterocycles. The summed E-state index contributed by atoms with van der Waals surface area (Å²) in [6.45, 7) is 0. The topological polar surface area (TPSA) is 47.6 Å². The van der Waals surface area contributed by atoms with Gasteiger partial charge in [0.25, 0.3) is 0 Å². The Morgan fingerprint density at radius 1 is 1.22 bits per heavy atom. The lowest BCUT2D eigenvalue weighted by atomic mass is 9.83. The molecule has 0 N–H and O–H groups in total. The minimum atomic E-state index is 0.149. The normalized spacial score (nSPS) is 15.4. The first-order valence-corrected chi connectivity index (χ1v) is 6.37. The van der Waals surface area contributed by atoms with E-state index in [1.807, 2.05) is 24.3 Å². The van der Waals surface area contributed by atoms with Crippen LogP contribution in [-0.2, 0) is 0 Å². The molecule has 18 heavy (non-hydrogen) atoms. The summed E-state index contributed by atoms with van der Waals surface area (Å²) in [5.74, 6) is 0.597. The number of hydrogen-bond acceptors (Lipinski definition) is 2. The molecule has 1 aromatic carbocycles. The van der Waals surface area contributed by atoms with Crippen LogP contribution in [0.25, 0.3) is 6.08 Å². The molecule has 0 atom stereocenters. The van der Waals surface area contributed by atoms with E-state index in [2.05, 4.69) is 12.1 Å². The lowest BCUT2D eigenvalue weighted by Crippen LogP contribution is -2.04. The average Bonchev–Trinajstić information content (AvgIpc) is 2.46. The second-order valence-corrected chi connectivity index (χ2v) is 4.69. The molecular formula is C16H15N2. The van der Waals surface area contributed by atoms with Gasteiger partial charge in [-0.15, -0.1) is 0 Å². The second kappa shape index (κ2) is 6.03. The van der Waals surface area contributed by atoms with E-state index >= 15 is 0 Å². The summed E-state index contributed by atoms with van der Waals surface area (Å²) in [6.07, 6.45) is 8.02. The highest BCUT2D eigenvalue weighted by Crippen LogP contribution is 2.32. The van der Waals surface area contributed by atoms with Crippen LogP contribution in [0.2, 0.25) is 0 Å². The molecule has 89 valence electrons. The van der Waals surface area contributed by atoms with Crippen LogP contribution in [0.15, 0.2) is 23.8 Å². The molecule has 1 fully saturated rings. The summed E-state index contributed by atoms with van der Waals surface area (Å²) in [6, 6.07) is 12.9. The van der Waals surface area contributed by atoms with Crippen molar-refractivity contribution in [1.29, 1.82) is 10.5 Å². The lowest BCUT2D eigenvalue weighted by molar-refractivity contribution is 0.443. The van der Waals surface area contributed by atoms with Gasteiger partial charge in [0.15, 0.2) is 0 Å². The molecule has 0 bridgehead atoms. The predicted molar refractivity (Wildman–Crippen MR) is 70.3 cm³/mol. The molecule has 1 saturated carbocycles. The Hall–Kier alpha value is -2.06. The fourth-order valence-corrected chi connectivity index (χ4v) is 2.50. The Balaban J connectivity index is 2.23. The summed E-state index contributed by atoms with van der Waals surface area (Å²) in [7, 11) is 0. The van der Waals surface area contributed by atoms with Crippen molar-refractivity contribution in [2.75, 3.05) is 0 Å². The summed E-state index contributed by atoms with van der Waals surface area (Å²) < 4.78 is 0. The van der Waals surface area contributed by atoms with Crippen molar-refractivity contribution in [3.8, 4) is 12.1 Å². The molecule has 0 heterocycles. The number of hydrogen-bond donors (Lipinski definition) is 0. The van der Waals surface area contributed by atoms with E-state index in [-0.39, 0.29) is 5.57 Å². The minimum absolute atomic E-state index is 0.149. The SMILES string of the molecule is N#CC(C#N)=Cc1cc[c]c(C2CCCCC2)c1. The molecule has 0 aliphatic heterocycles. The third-order valence-electron chi connectivity index (χ3n) is 3.44. The summed E-state index contributed by atoms with van der Waals surface area (Å²) in [4.78, 5) is 0. The van der Waals surface area contributed by atoms with Crippen molar-refractivity contribution >= 4 is 6.08 Å². The summed E-state index contributed by atoms with van der Waals surface area (Å²) in [5.41, 5.74) is 2.29. The van der Waals surface area contributed by atoms with Gasteiger partial charge < -0.3 is 0 Å². The van der Waals surface area contributed by atoms with E-state index in [0.717, 1.165) is 5.56 Å². The molecule has 1 aliphatic carbocycles. The molecule has 2 rings (SSSR count). The van der Waals surface area contributed by atoms with Crippen molar-refractivity contribution < 1.29 is 0 Å². The first kappa shape index (κ1) is 12.4. The molecule has 1 aromatic rings. The molecule has 0 saturated heterocycles. The summed E-state index contributed by atoms with van der Waals surface area (Å²) >= 11 is 0. The Bertz CT molecular complexity index is 507. The van der Waals surface area contributed by atoms with Crippen molar-refractivity contribution in [1.82, 2.24) is 0 Å². The van der Waals surface area contributed by atoms with E-state index in [9.17, 15) is 0 Å². The van der Waals surface area contributed by atoms with Crippen LogP contribution in [0.3, 0.4) is 0 Å². The maximum Gasteiger partial charge on any atom is 0.130 e. The number of benzene rings is 1. The maximum absolute atomic E-state index is 8.76.